The Morgan fingerprint density at radius 3 is 1.74 bits per heavy atom. The maximum atomic E-state index is 9.60. The molecule has 1 fully saturated rings. The molecule has 1 heterocycles. The van der Waals surface area contributed by atoms with Crippen molar-refractivity contribution in [2.75, 3.05) is 13.6 Å². The van der Waals surface area contributed by atoms with Crippen molar-refractivity contribution in [3.63, 3.8) is 0 Å². The molecule has 0 bridgehead atoms. The van der Waals surface area contributed by atoms with Crippen LogP contribution in [0.15, 0.2) is 0 Å². The molecule has 0 saturated carbocycles. The molecule has 0 N–H and O–H groups in total. The zero-order valence-corrected chi connectivity index (χ0v) is 14.7. The third-order valence-corrected chi connectivity index (χ3v) is 2.54. The number of rotatable bonds is 1. The zero-order valence-electron chi connectivity index (χ0n) is 14.7. The molecule has 0 radical (unpaired) electrons. The van der Waals surface area contributed by atoms with E-state index in [9.17, 15) is 4.79 Å². The number of likely N-dealkylation sites (tertiary alicyclic amines) is 1. The molecule has 0 aliphatic carbocycles. The SMILES string of the molecule is CC.CC.CC(C)(C)OC=O.CC1CCCCN1C. The van der Waals surface area contributed by atoms with Crippen molar-refractivity contribution in [2.45, 2.75) is 86.3 Å². The molecule has 1 aliphatic heterocycles. The summed E-state index contributed by atoms with van der Waals surface area (Å²) in [4.78, 5) is 12.0. The lowest BCUT2D eigenvalue weighted by atomic mass is 10.1. The van der Waals surface area contributed by atoms with Crippen LogP contribution in [-0.4, -0.2) is 36.6 Å². The normalized spacial score (nSPS) is 18.5. The maximum Gasteiger partial charge on any atom is 0.293 e. The van der Waals surface area contributed by atoms with Crippen molar-refractivity contribution >= 4 is 6.47 Å². The van der Waals surface area contributed by atoms with Crippen LogP contribution in [0, 0.1) is 0 Å². The van der Waals surface area contributed by atoms with Gasteiger partial charge in [-0.2, -0.15) is 0 Å². The first-order chi connectivity index (χ1) is 8.87. The van der Waals surface area contributed by atoms with Crippen molar-refractivity contribution in [3.8, 4) is 0 Å². The second-order valence-corrected chi connectivity index (χ2v) is 5.15. The average Bonchev–Trinajstić information content (AvgIpc) is 2.37. The molecule has 118 valence electrons. The topological polar surface area (TPSA) is 29.5 Å². The summed E-state index contributed by atoms with van der Waals surface area (Å²) >= 11 is 0. The summed E-state index contributed by atoms with van der Waals surface area (Å²) < 4.78 is 4.55. The Kier molecular flexibility index (Phi) is 19.2. The number of hydrogen-bond acceptors (Lipinski definition) is 3. The van der Waals surface area contributed by atoms with E-state index in [-0.39, 0.29) is 5.60 Å². The molecule has 19 heavy (non-hydrogen) atoms. The van der Waals surface area contributed by atoms with E-state index in [1.165, 1.54) is 25.8 Å². The number of carbonyl (C=O) groups is 1. The van der Waals surface area contributed by atoms with Crippen LogP contribution in [0.2, 0.25) is 0 Å². The van der Waals surface area contributed by atoms with E-state index >= 15 is 0 Å². The maximum absolute atomic E-state index is 9.60. The lowest BCUT2D eigenvalue weighted by molar-refractivity contribution is -0.138. The Balaban J connectivity index is -0.000000215. The van der Waals surface area contributed by atoms with Crippen molar-refractivity contribution in [3.05, 3.63) is 0 Å². The number of piperidine rings is 1. The third-order valence-electron chi connectivity index (χ3n) is 2.54. The van der Waals surface area contributed by atoms with Gasteiger partial charge in [-0.3, -0.25) is 4.79 Å². The summed E-state index contributed by atoms with van der Waals surface area (Å²) in [7, 11) is 2.21. The van der Waals surface area contributed by atoms with E-state index < -0.39 is 0 Å². The Bertz CT molecular complexity index is 166. The lowest BCUT2D eigenvalue weighted by Crippen LogP contribution is -2.33. The first kappa shape index (κ1) is 23.5. The number of hydrogen-bond donors (Lipinski definition) is 0. The highest BCUT2D eigenvalue weighted by atomic mass is 16.5. The summed E-state index contributed by atoms with van der Waals surface area (Å²) in [5.41, 5.74) is -0.318. The smallest absolute Gasteiger partial charge is 0.293 e. The third kappa shape index (κ3) is 19.9. The molecular weight excluding hydrogens is 238 g/mol. The molecule has 1 saturated heterocycles. The first-order valence-electron chi connectivity index (χ1n) is 7.68. The van der Waals surface area contributed by atoms with Gasteiger partial charge in [0.2, 0.25) is 0 Å². The molecule has 0 aromatic carbocycles. The number of carbonyl (C=O) groups excluding carboxylic acids is 1. The van der Waals surface area contributed by atoms with E-state index in [0.29, 0.717) is 6.47 Å². The number of ether oxygens (including phenoxy) is 1. The lowest BCUT2D eigenvalue weighted by Gasteiger charge is -2.29. The predicted molar refractivity (Wildman–Crippen MR) is 85.5 cm³/mol. The molecule has 0 amide bonds. The molecule has 1 unspecified atom stereocenters. The minimum atomic E-state index is -0.318. The molecule has 3 heteroatoms. The van der Waals surface area contributed by atoms with Crippen LogP contribution in [0.5, 0.6) is 0 Å². The van der Waals surface area contributed by atoms with Gasteiger partial charge in [-0.15, -0.1) is 0 Å². The Morgan fingerprint density at radius 2 is 1.58 bits per heavy atom. The molecule has 0 spiro atoms. The van der Waals surface area contributed by atoms with Gasteiger partial charge in [-0.1, -0.05) is 34.1 Å². The highest BCUT2D eigenvalue weighted by molar-refractivity contribution is 5.37. The van der Waals surface area contributed by atoms with E-state index in [4.69, 9.17) is 0 Å². The number of nitrogens with zero attached hydrogens (tertiary/aromatic N) is 1. The summed E-state index contributed by atoms with van der Waals surface area (Å²) in [6, 6.07) is 0.837. The van der Waals surface area contributed by atoms with Crippen LogP contribution in [0.3, 0.4) is 0 Å². The van der Waals surface area contributed by atoms with Gasteiger partial charge in [-0.25, -0.2) is 0 Å². The summed E-state index contributed by atoms with van der Waals surface area (Å²) in [6.45, 7) is 17.5. The van der Waals surface area contributed by atoms with E-state index in [0.717, 1.165) is 6.04 Å². The van der Waals surface area contributed by atoms with Gasteiger partial charge < -0.3 is 9.64 Å². The molecule has 0 aromatic rings. The Hall–Kier alpha value is -0.570. The van der Waals surface area contributed by atoms with Crippen LogP contribution in [0.4, 0.5) is 0 Å². The standard InChI is InChI=1S/C7H15N.C5H10O2.2C2H6/c1-7-5-3-4-6-8(7)2;1-5(2,3)7-4-6;2*1-2/h7H,3-6H2,1-2H3;4H,1-3H3;2*1-2H3. The van der Waals surface area contributed by atoms with Crippen molar-refractivity contribution in [1.29, 1.82) is 0 Å². The van der Waals surface area contributed by atoms with Crippen molar-refractivity contribution in [1.82, 2.24) is 4.90 Å². The average molecular weight is 275 g/mol. The van der Waals surface area contributed by atoms with Gasteiger partial charge in [0.15, 0.2) is 0 Å². The quantitative estimate of drug-likeness (QED) is 0.660. The second-order valence-electron chi connectivity index (χ2n) is 5.15. The fraction of sp³-hybridized carbons (Fsp3) is 0.938. The molecule has 3 nitrogen and oxygen atoms in total. The zero-order chi connectivity index (χ0) is 15.9. The van der Waals surface area contributed by atoms with Crippen LogP contribution < -0.4 is 0 Å². The fourth-order valence-electron chi connectivity index (χ4n) is 1.39. The first-order valence-corrected chi connectivity index (χ1v) is 7.68. The minimum Gasteiger partial charge on any atom is -0.462 e. The summed E-state index contributed by atoms with van der Waals surface area (Å²) in [5.74, 6) is 0. The van der Waals surface area contributed by atoms with Crippen LogP contribution in [-0.2, 0) is 9.53 Å². The summed E-state index contributed by atoms with van der Waals surface area (Å²) in [5, 5.41) is 0. The highest BCUT2D eigenvalue weighted by Gasteiger charge is 2.12. The summed E-state index contributed by atoms with van der Waals surface area (Å²) in [6.07, 6.45) is 4.24. The van der Waals surface area contributed by atoms with Crippen LogP contribution in [0.25, 0.3) is 0 Å². The van der Waals surface area contributed by atoms with Gasteiger partial charge in [0.05, 0.1) is 0 Å². The Labute approximate surface area is 121 Å². The van der Waals surface area contributed by atoms with Crippen molar-refractivity contribution < 1.29 is 9.53 Å². The van der Waals surface area contributed by atoms with Crippen LogP contribution >= 0.6 is 0 Å². The van der Waals surface area contributed by atoms with Gasteiger partial charge in [0.1, 0.15) is 5.60 Å². The monoisotopic (exact) mass is 275 g/mol. The largest absolute Gasteiger partial charge is 0.462 e. The highest BCUT2D eigenvalue weighted by Crippen LogP contribution is 2.13. The minimum absolute atomic E-state index is 0.318. The Morgan fingerprint density at radius 1 is 1.11 bits per heavy atom. The van der Waals surface area contributed by atoms with Crippen molar-refractivity contribution in [2.24, 2.45) is 0 Å². The van der Waals surface area contributed by atoms with Gasteiger partial charge in [-0.05, 0) is 54.1 Å². The van der Waals surface area contributed by atoms with Gasteiger partial charge in [0.25, 0.3) is 6.47 Å². The predicted octanol–water partition coefficient (Wildman–Crippen LogP) is 4.50. The second kappa shape index (κ2) is 15.5. The molecule has 1 rings (SSSR count). The van der Waals surface area contributed by atoms with Gasteiger partial charge >= 0.3 is 0 Å². The molecule has 1 atom stereocenters. The van der Waals surface area contributed by atoms with Gasteiger partial charge in [0, 0.05) is 6.04 Å². The van der Waals surface area contributed by atoms with E-state index in [2.05, 4.69) is 23.6 Å². The molecule has 0 aromatic heterocycles. The van der Waals surface area contributed by atoms with E-state index in [1.54, 1.807) is 0 Å². The van der Waals surface area contributed by atoms with Crippen LogP contribution in [0.1, 0.15) is 74.7 Å². The van der Waals surface area contributed by atoms with E-state index in [1.807, 2.05) is 48.5 Å². The molecule has 1 aliphatic rings. The molecular formula is C16H37NO2. The fourth-order valence-corrected chi connectivity index (χ4v) is 1.39.